The summed E-state index contributed by atoms with van der Waals surface area (Å²) >= 11 is 0. The van der Waals surface area contributed by atoms with Gasteiger partial charge in [0.1, 0.15) is 46.0 Å². The van der Waals surface area contributed by atoms with Crippen LogP contribution in [0.3, 0.4) is 0 Å². The molecule has 0 radical (unpaired) electrons. The van der Waals surface area contributed by atoms with Crippen LogP contribution in [0.15, 0.2) is 48.5 Å². The molecule has 8 bridgehead atoms. The van der Waals surface area contributed by atoms with Crippen LogP contribution in [0, 0.1) is 23.7 Å². The number of aromatic hydroxyl groups is 8. The average Bonchev–Trinajstić information content (AvgIpc) is 3.42. The number of rotatable bonds is 36. The fourth-order valence-electron chi connectivity index (χ4n) is 13.9. The highest BCUT2D eigenvalue weighted by Crippen LogP contribution is 2.55. The lowest BCUT2D eigenvalue weighted by molar-refractivity contribution is 0.377. The van der Waals surface area contributed by atoms with Crippen molar-refractivity contribution in [2.45, 2.75) is 285 Å². The zero-order chi connectivity index (χ0) is 58.1. The highest BCUT2D eigenvalue weighted by atomic mass is 16.3. The van der Waals surface area contributed by atoms with Crippen molar-refractivity contribution in [3.05, 3.63) is 93.0 Å². The third-order valence-corrected chi connectivity index (χ3v) is 18.7. The first-order chi connectivity index (χ1) is 38.6. The number of fused-ring (bicyclic) bond motifs is 8. The van der Waals surface area contributed by atoms with E-state index in [1.165, 1.54) is 127 Å². The molecule has 0 aromatic heterocycles. The fraction of sp³-hybridized carbons (Fsp3) is 0.667. The van der Waals surface area contributed by atoms with Crippen LogP contribution in [0.1, 0.15) is 329 Å². The van der Waals surface area contributed by atoms with Gasteiger partial charge in [0, 0.05) is 92.4 Å². The lowest BCUT2D eigenvalue weighted by Crippen LogP contribution is -2.19. The Labute approximate surface area is 485 Å². The second kappa shape index (κ2) is 34.7. The quantitative estimate of drug-likeness (QED) is 0.0209. The molecule has 0 saturated carbocycles. The molecule has 8 nitrogen and oxygen atoms in total. The van der Waals surface area contributed by atoms with Crippen molar-refractivity contribution < 1.29 is 40.9 Å². The zero-order valence-electron chi connectivity index (χ0n) is 51.4. The fourth-order valence-corrected chi connectivity index (χ4v) is 13.9. The molecule has 0 heterocycles. The van der Waals surface area contributed by atoms with Gasteiger partial charge < -0.3 is 40.9 Å². The normalized spacial score (nSPS) is 17.8. The standard InChI is InChI=1S/C72H112O8/c1-9-13-17-21-25-29-33-37-49(5)69-53-41-55(63(75)45-61(53)73)70(50(6)38-34-30-26-22-18-14-10-2)57-43-59(67(79)47-65(57)77)72(52(8)40-36-32-28-24-20-16-12-4)60-44-58(66(78)48-68(60)80)71(56-42-54(69)62(74)46-64(56)76)51(7)39-35-31-27-23-19-15-11-3/h41-52,69-80H,9-40H2,1-8H3/t49-,50-,51?,52?,69?,70?,71?,72?/m0/s1. The van der Waals surface area contributed by atoms with Gasteiger partial charge in [-0.1, -0.05) is 235 Å². The molecule has 448 valence electrons. The molecule has 4 aromatic rings. The van der Waals surface area contributed by atoms with Gasteiger partial charge in [0.2, 0.25) is 0 Å². The minimum absolute atomic E-state index is 0.101. The van der Waals surface area contributed by atoms with Gasteiger partial charge in [0.25, 0.3) is 0 Å². The van der Waals surface area contributed by atoms with Crippen molar-refractivity contribution in [1.29, 1.82) is 0 Å². The van der Waals surface area contributed by atoms with Gasteiger partial charge in [0.05, 0.1) is 0 Å². The predicted molar refractivity (Wildman–Crippen MR) is 334 cm³/mol. The third-order valence-electron chi connectivity index (χ3n) is 18.7. The van der Waals surface area contributed by atoms with Crippen LogP contribution in [-0.4, -0.2) is 40.9 Å². The Morgan fingerprint density at radius 3 is 0.512 bits per heavy atom. The molecule has 0 aliphatic heterocycles. The Balaban J connectivity index is 1.82. The van der Waals surface area contributed by atoms with Crippen LogP contribution in [0.2, 0.25) is 0 Å². The van der Waals surface area contributed by atoms with Crippen molar-refractivity contribution in [2.24, 2.45) is 23.7 Å². The summed E-state index contributed by atoms with van der Waals surface area (Å²) in [5, 5.41) is 98.7. The number of phenolic OH excluding ortho intramolecular Hbond substituents is 8. The molecule has 8 N–H and O–H groups in total. The molecular formula is C72H112O8. The molecule has 80 heavy (non-hydrogen) atoms. The van der Waals surface area contributed by atoms with Crippen LogP contribution < -0.4 is 0 Å². The van der Waals surface area contributed by atoms with Gasteiger partial charge in [-0.05, 0) is 73.6 Å². The summed E-state index contributed by atoms with van der Waals surface area (Å²) < 4.78 is 0. The highest BCUT2D eigenvalue weighted by Gasteiger charge is 2.38. The Bertz CT molecular complexity index is 1990. The van der Waals surface area contributed by atoms with Gasteiger partial charge in [0.15, 0.2) is 0 Å². The minimum Gasteiger partial charge on any atom is -0.508 e. The molecule has 1 aliphatic rings. The summed E-state index contributed by atoms with van der Waals surface area (Å²) in [6, 6.07) is 13.4. The van der Waals surface area contributed by atoms with E-state index in [2.05, 4.69) is 55.4 Å². The van der Waals surface area contributed by atoms with Crippen LogP contribution in [0.5, 0.6) is 46.0 Å². The van der Waals surface area contributed by atoms with Gasteiger partial charge in [-0.15, -0.1) is 0 Å². The van der Waals surface area contributed by atoms with Crippen molar-refractivity contribution in [2.75, 3.05) is 0 Å². The second-order valence-corrected chi connectivity index (χ2v) is 25.3. The maximum absolute atomic E-state index is 12.3. The van der Waals surface area contributed by atoms with E-state index in [1.807, 2.05) is 24.3 Å². The molecule has 4 aromatic carbocycles. The molecule has 6 unspecified atom stereocenters. The molecule has 0 fully saturated rings. The van der Waals surface area contributed by atoms with E-state index in [0.717, 1.165) is 103 Å². The predicted octanol–water partition coefficient (Wildman–Crippen LogP) is 21.3. The number of unbranched alkanes of at least 4 members (excludes halogenated alkanes) is 24. The van der Waals surface area contributed by atoms with E-state index < -0.39 is 23.7 Å². The Kier molecular flexibility index (Phi) is 28.6. The minimum atomic E-state index is -0.593. The Morgan fingerprint density at radius 1 is 0.225 bits per heavy atom. The number of hydrogen-bond acceptors (Lipinski definition) is 8. The maximum atomic E-state index is 12.3. The molecule has 1 aliphatic carbocycles. The Morgan fingerprint density at radius 2 is 0.362 bits per heavy atom. The molecule has 0 amide bonds. The largest absolute Gasteiger partial charge is 0.508 e. The molecule has 5 rings (SSSR count). The van der Waals surface area contributed by atoms with Gasteiger partial charge in [-0.3, -0.25) is 0 Å². The van der Waals surface area contributed by atoms with E-state index in [0.29, 0.717) is 44.5 Å². The summed E-state index contributed by atoms with van der Waals surface area (Å²) in [7, 11) is 0. The molecule has 8 heteroatoms. The maximum Gasteiger partial charge on any atom is 0.123 e. The second-order valence-electron chi connectivity index (χ2n) is 25.3. The van der Waals surface area contributed by atoms with Crippen molar-refractivity contribution >= 4 is 0 Å². The SMILES string of the molecule is CCCCCCCCCC(C)C1c2cc(c(O)cc2O)C(C(C)CCCCCCCCC)c2cc(c(O)cc2O)C([C@@H](C)CCCCCCCCC)c2cc(c(O)cc2O)C([C@@H](C)CCCCCCCCC)c2cc1c(O)cc2O. The smallest absolute Gasteiger partial charge is 0.123 e. The molecular weight excluding hydrogens is 993 g/mol. The summed E-state index contributed by atoms with van der Waals surface area (Å²) in [5.41, 5.74) is 4.35. The van der Waals surface area contributed by atoms with Crippen LogP contribution in [0.4, 0.5) is 0 Å². The first kappa shape index (κ1) is 66.1. The molecule has 0 saturated heterocycles. The first-order valence-electron chi connectivity index (χ1n) is 32.8. The third kappa shape index (κ3) is 18.6. The first-order valence-corrected chi connectivity index (χ1v) is 32.8. The number of phenols is 8. The van der Waals surface area contributed by atoms with Crippen LogP contribution in [-0.2, 0) is 0 Å². The Hall–Kier alpha value is -4.72. The summed E-state index contributed by atoms with van der Waals surface area (Å²) in [5.74, 6) is -3.66. The monoisotopic (exact) mass is 1100 g/mol. The van der Waals surface area contributed by atoms with Crippen molar-refractivity contribution in [3.63, 3.8) is 0 Å². The lowest BCUT2D eigenvalue weighted by atomic mass is 9.71. The summed E-state index contributed by atoms with van der Waals surface area (Å²) in [4.78, 5) is 0. The molecule has 0 spiro atoms. The van der Waals surface area contributed by atoms with Crippen LogP contribution in [0.25, 0.3) is 0 Å². The van der Waals surface area contributed by atoms with E-state index in [1.54, 1.807) is 0 Å². The average molecular weight is 1110 g/mol. The molecule has 8 atom stereocenters. The zero-order valence-corrected chi connectivity index (χ0v) is 51.4. The van der Waals surface area contributed by atoms with E-state index in [9.17, 15) is 40.9 Å². The van der Waals surface area contributed by atoms with Gasteiger partial charge in [-0.25, -0.2) is 0 Å². The topological polar surface area (TPSA) is 162 Å². The van der Waals surface area contributed by atoms with E-state index in [-0.39, 0.29) is 69.7 Å². The van der Waals surface area contributed by atoms with E-state index in [4.69, 9.17) is 0 Å². The van der Waals surface area contributed by atoms with Crippen molar-refractivity contribution in [3.8, 4) is 46.0 Å². The van der Waals surface area contributed by atoms with Crippen molar-refractivity contribution in [1.82, 2.24) is 0 Å². The lowest BCUT2D eigenvalue weighted by Gasteiger charge is -2.34. The van der Waals surface area contributed by atoms with Gasteiger partial charge >= 0.3 is 0 Å². The number of benzene rings is 4. The summed E-state index contributed by atoms with van der Waals surface area (Å²) in [6.07, 6.45) is 35.0. The van der Waals surface area contributed by atoms with Crippen LogP contribution >= 0.6 is 0 Å². The number of hydrogen-bond donors (Lipinski definition) is 8. The van der Waals surface area contributed by atoms with E-state index >= 15 is 0 Å². The highest BCUT2D eigenvalue weighted by molar-refractivity contribution is 5.62. The van der Waals surface area contributed by atoms with Gasteiger partial charge in [-0.2, -0.15) is 0 Å². The summed E-state index contributed by atoms with van der Waals surface area (Å²) in [6.45, 7) is 17.6.